The van der Waals surface area contributed by atoms with Gasteiger partial charge < -0.3 is 101 Å². The molecule has 0 spiro atoms. The number of amides is 12. The van der Waals surface area contributed by atoms with Gasteiger partial charge in [0, 0.05) is 39.0 Å². The Morgan fingerprint density at radius 1 is 0.500 bits per heavy atom. The van der Waals surface area contributed by atoms with Crippen LogP contribution in [0.15, 0.2) is 108 Å². The number of hydrogen-bond acceptors (Lipinski definition) is 18. The highest BCUT2D eigenvalue weighted by Gasteiger charge is 2.44. The second-order valence-corrected chi connectivity index (χ2v) is 27.1. The Labute approximate surface area is 613 Å². The second kappa shape index (κ2) is 39.2. The molecule has 0 unspecified atom stereocenters. The quantitative estimate of drug-likeness (QED) is 0.0125. The number of likely N-dealkylation sites (tertiary alicyclic amines) is 3. The number of phenolic OH excluding ortho intramolecular Hbond substituents is 1. The number of aryl methyl sites for hydroxylation is 1. The van der Waals surface area contributed by atoms with E-state index in [0.29, 0.717) is 36.0 Å². The maximum Gasteiger partial charge on any atom is 0.305 e. The maximum absolute atomic E-state index is 14.9. The first-order chi connectivity index (χ1) is 50.5. The minimum atomic E-state index is -1.94. The van der Waals surface area contributed by atoms with E-state index < -0.39 is 175 Å². The number of nitrogens with two attached hydrogens (primary N) is 4. The fourth-order valence-corrected chi connectivity index (χ4v) is 13.0. The molecule has 7 rings (SSSR count). The molecule has 4 aromatic rings. The number of carbonyl (C=O) groups is 13. The van der Waals surface area contributed by atoms with Crippen LogP contribution in [0.4, 0.5) is 0 Å². The first-order valence-corrected chi connectivity index (χ1v) is 35.3. The summed E-state index contributed by atoms with van der Waals surface area (Å²) in [5, 5.41) is 60.7. The van der Waals surface area contributed by atoms with Crippen LogP contribution in [0.25, 0.3) is 11.1 Å². The van der Waals surface area contributed by atoms with E-state index >= 15 is 0 Å². The summed E-state index contributed by atoms with van der Waals surface area (Å²) >= 11 is 0. The van der Waals surface area contributed by atoms with Crippen LogP contribution in [-0.4, -0.2) is 230 Å². The number of rotatable bonds is 36. The van der Waals surface area contributed by atoms with E-state index in [1.165, 1.54) is 28.9 Å². The summed E-state index contributed by atoms with van der Waals surface area (Å²) in [4.78, 5) is 189. The summed E-state index contributed by atoms with van der Waals surface area (Å²) in [6, 6.07) is 12.5. The molecule has 3 aliphatic heterocycles. The molecule has 3 saturated heterocycles. The third-order valence-electron chi connectivity index (χ3n) is 18.8. The zero-order chi connectivity index (χ0) is 77.5. The molecule has 572 valence electrons. The highest BCUT2D eigenvalue weighted by Crippen LogP contribution is 2.27. The van der Waals surface area contributed by atoms with Gasteiger partial charge >= 0.3 is 5.97 Å². The predicted molar refractivity (Wildman–Crippen MR) is 386 cm³/mol. The zero-order valence-corrected chi connectivity index (χ0v) is 59.7. The molecule has 3 aliphatic rings. The number of aromatic hydroxyl groups is 1. The highest BCUT2D eigenvalue weighted by molar-refractivity contribution is 6.00. The second-order valence-electron chi connectivity index (χ2n) is 27.1. The lowest BCUT2D eigenvalue weighted by Crippen LogP contribution is -2.62. The molecule has 12 amide bonds. The van der Waals surface area contributed by atoms with Crippen molar-refractivity contribution in [2.24, 2.45) is 33.8 Å². The van der Waals surface area contributed by atoms with Crippen molar-refractivity contribution >= 4 is 82.8 Å². The average molecular weight is 1470 g/mol. The molecule has 33 nitrogen and oxygen atoms in total. The number of aliphatic hydroxyl groups excluding tert-OH is 2. The maximum atomic E-state index is 14.9. The van der Waals surface area contributed by atoms with E-state index in [9.17, 15) is 82.8 Å². The van der Waals surface area contributed by atoms with Crippen LogP contribution in [0.5, 0.6) is 5.75 Å². The minimum Gasteiger partial charge on any atom is -0.508 e. The Morgan fingerprint density at radius 2 is 0.962 bits per heavy atom. The van der Waals surface area contributed by atoms with Gasteiger partial charge in [0.2, 0.25) is 70.9 Å². The van der Waals surface area contributed by atoms with Crippen molar-refractivity contribution in [3.05, 3.63) is 125 Å². The average Bonchev–Trinajstić information content (AvgIpc) is 1.60. The van der Waals surface area contributed by atoms with Crippen molar-refractivity contribution in [3.63, 3.8) is 0 Å². The van der Waals surface area contributed by atoms with Crippen molar-refractivity contribution in [3.8, 4) is 16.9 Å². The largest absolute Gasteiger partial charge is 0.508 e. The van der Waals surface area contributed by atoms with Gasteiger partial charge in [-0.05, 0) is 123 Å². The number of aliphatic imine (C=N–C) groups is 1. The van der Waals surface area contributed by atoms with Gasteiger partial charge in [0.1, 0.15) is 72.2 Å². The fraction of sp³-hybridized carbons (Fsp3) is 0.479. The predicted octanol–water partition coefficient (Wildman–Crippen LogP) is -2.75. The Hall–Kier alpha value is -11.1. The first-order valence-electron chi connectivity index (χ1n) is 35.3. The van der Waals surface area contributed by atoms with Crippen LogP contribution in [0.2, 0.25) is 0 Å². The summed E-state index contributed by atoms with van der Waals surface area (Å²) in [6.07, 6.45) is 0.414. The molecule has 0 saturated carbocycles. The molecule has 0 bridgehead atoms. The topological polar surface area (TPSA) is 525 Å². The number of phenols is 1. The molecule has 0 aliphatic carbocycles. The number of primary amides is 1. The van der Waals surface area contributed by atoms with Gasteiger partial charge in [-0.3, -0.25) is 67.3 Å². The van der Waals surface area contributed by atoms with E-state index in [2.05, 4.69) is 47.5 Å². The van der Waals surface area contributed by atoms with Gasteiger partial charge in [-0.25, -0.2) is 0 Å². The van der Waals surface area contributed by atoms with Crippen molar-refractivity contribution in [1.29, 1.82) is 0 Å². The van der Waals surface area contributed by atoms with Crippen molar-refractivity contribution in [2.75, 3.05) is 39.4 Å². The molecule has 3 fully saturated rings. The SMILES string of the molecule is Cc1ccccc1-c1ccc(C[C@H](NC(=O)[C@H](C)NC(=O)[C@H](CO)NC(=O)[C@@H](N)Cc2ccc(O)cc2)C(=O)N2CCC[C@H]2C(=O)N[C@@H](CC(=O)O)C(=O)N[C@@H](CO)C(=O)N[C@H](C(=O)N2CCC[C@H]2C(=O)N[C@@H](Cc2ccccc2)C(=O)N[C@@H](CCCN=C(N)N)C(=O)N2CCC[C@H]2C(N)=O)C(C)C)cc1. The van der Waals surface area contributed by atoms with Crippen molar-refractivity contribution in [2.45, 2.75) is 177 Å². The van der Waals surface area contributed by atoms with Crippen LogP contribution >= 0.6 is 0 Å². The lowest BCUT2D eigenvalue weighted by atomic mass is 9.97. The van der Waals surface area contributed by atoms with E-state index in [1.54, 1.807) is 68.4 Å². The molecule has 3 heterocycles. The molecule has 0 aromatic heterocycles. The normalized spacial score (nSPS) is 18.0. The number of aliphatic carboxylic acids is 1. The van der Waals surface area contributed by atoms with Crippen LogP contribution in [0, 0.1) is 12.8 Å². The van der Waals surface area contributed by atoms with E-state index in [4.69, 9.17) is 22.9 Å². The molecular weight excluding hydrogens is 1370 g/mol. The van der Waals surface area contributed by atoms with Gasteiger partial charge in [-0.15, -0.1) is 0 Å². The Bertz CT molecular complexity index is 3820. The highest BCUT2D eigenvalue weighted by atomic mass is 16.4. The Morgan fingerprint density at radius 3 is 1.53 bits per heavy atom. The number of nitrogens with zero attached hydrogens (tertiary/aromatic N) is 4. The number of nitrogens with one attached hydrogen (secondary N) is 8. The van der Waals surface area contributed by atoms with E-state index in [-0.39, 0.29) is 89.3 Å². The van der Waals surface area contributed by atoms with Gasteiger partial charge in [-0.2, -0.15) is 0 Å². The van der Waals surface area contributed by atoms with E-state index in [1.807, 2.05) is 43.3 Å². The van der Waals surface area contributed by atoms with Gasteiger partial charge in [0.25, 0.3) is 0 Å². The summed E-state index contributed by atoms with van der Waals surface area (Å²) in [7, 11) is 0. The molecule has 12 atom stereocenters. The summed E-state index contributed by atoms with van der Waals surface area (Å²) in [5.74, 6) is -12.9. The molecule has 4 aromatic carbocycles. The number of guanidine groups is 1. The zero-order valence-electron chi connectivity index (χ0n) is 59.7. The number of hydrogen-bond donors (Lipinski definition) is 16. The summed E-state index contributed by atoms with van der Waals surface area (Å²) in [5.41, 5.74) is 27.3. The third-order valence-corrected chi connectivity index (χ3v) is 18.8. The van der Waals surface area contributed by atoms with Crippen molar-refractivity contribution < 1.29 is 82.8 Å². The number of carboxylic acids is 1. The van der Waals surface area contributed by atoms with Crippen LogP contribution in [-0.2, 0) is 81.6 Å². The smallest absolute Gasteiger partial charge is 0.305 e. The van der Waals surface area contributed by atoms with E-state index in [0.717, 1.165) is 21.6 Å². The van der Waals surface area contributed by atoms with Crippen LogP contribution in [0.3, 0.4) is 0 Å². The lowest BCUT2D eigenvalue weighted by molar-refractivity contribution is -0.145. The molecule has 106 heavy (non-hydrogen) atoms. The molecule has 33 heteroatoms. The summed E-state index contributed by atoms with van der Waals surface area (Å²) in [6.45, 7) is 4.66. The fourth-order valence-electron chi connectivity index (χ4n) is 13.0. The van der Waals surface area contributed by atoms with Gasteiger partial charge in [0.05, 0.1) is 25.7 Å². The standard InChI is InChI=1S/C73H98N16O17/c1-40(2)60(72(106)89-33-13-21-58(89)69(103)81-51(35-43-15-6-5-7-16-43)64(98)80-50(18-10-30-78-73(76)77)70(104)87-31-11-19-56(87)61(75)95)86-67(101)55(39-91)85-65(99)52(37-59(93)94)82-68(102)57-20-12-32-88(57)71(105)53(36-45-22-26-46(27-23-45)48-17-9-8-14-41(48)3)83-62(96)42(4)79-66(100)54(38-90)84-63(97)49(74)34-44-24-28-47(92)29-25-44/h5-9,14-17,22-29,40,42,49-58,60,90-92H,10-13,18-21,30-39,74H2,1-4H3,(H2,75,95)(H,79,100)(H,80,98)(H,81,103)(H,82,102)(H,83,96)(H,84,97)(H,85,99)(H,86,101)(H,93,94)(H4,76,77,78)/t42-,49-,50-,51-,52-,53-,54-,55-,56-,57-,58-,60-/m0/s1. The molecule has 20 N–H and O–H groups in total. The number of carboxylic acid groups (broad SMARTS) is 1. The monoisotopic (exact) mass is 1470 g/mol. The number of carbonyl (C=O) groups excluding carboxylic acids is 12. The number of benzene rings is 4. The van der Waals surface area contributed by atoms with Crippen LogP contribution in [0.1, 0.15) is 101 Å². The third kappa shape index (κ3) is 23.0. The Balaban J connectivity index is 1.02. The Kier molecular flexibility index (Phi) is 30.4. The number of aliphatic hydroxyl groups is 2. The van der Waals surface area contributed by atoms with Gasteiger partial charge in [0.15, 0.2) is 5.96 Å². The van der Waals surface area contributed by atoms with Crippen LogP contribution < -0.4 is 65.5 Å². The molecular formula is C73H98N16O17. The van der Waals surface area contributed by atoms with Gasteiger partial charge in [-0.1, -0.05) is 105 Å². The first kappa shape index (κ1) is 82.2. The summed E-state index contributed by atoms with van der Waals surface area (Å²) < 4.78 is 0. The minimum absolute atomic E-state index is 0.00549. The molecule has 0 radical (unpaired) electrons. The lowest BCUT2D eigenvalue weighted by Gasteiger charge is -2.32. The van der Waals surface area contributed by atoms with Crippen molar-refractivity contribution in [1.82, 2.24) is 57.2 Å².